The summed E-state index contributed by atoms with van der Waals surface area (Å²) in [5.74, 6) is 0.426. The van der Waals surface area contributed by atoms with E-state index in [1.54, 1.807) is 6.07 Å². The number of hydrogen-bond donors (Lipinski definition) is 3. The predicted molar refractivity (Wildman–Crippen MR) is 94.4 cm³/mol. The second-order valence-electron chi connectivity index (χ2n) is 5.29. The molecular formula is C19H15N4. The van der Waals surface area contributed by atoms with Gasteiger partial charge in [0, 0.05) is 11.1 Å². The van der Waals surface area contributed by atoms with E-state index in [4.69, 9.17) is 5.73 Å². The Hall–Kier alpha value is -3.27. The van der Waals surface area contributed by atoms with Gasteiger partial charge in [0.2, 0.25) is 0 Å². The van der Waals surface area contributed by atoms with Crippen LogP contribution in [0, 0.1) is 6.20 Å². The third-order valence-corrected chi connectivity index (χ3v) is 3.80. The van der Waals surface area contributed by atoms with Crippen molar-refractivity contribution >= 4 is 28.6 Å². The van der Waals surface area contributed by atoms with Crippen LogP contribution < -0.4 is 16.4 Å². The minimum atomic E-state index is 0.426. The number of rotatable bonds is 2. The summed E-state index contributed by atoms with van der Waals surface area (Å²) in [7, 11) is 0. The zero-order valence-electron chi connectivity index (χ0n) is 12.4. The first-order valence-electron chi connectivity index (χ1n) is 7.38. The summed E-state index contributed by atoms with van der Waals surface area (Å²) in [6.07, 6.45) is 2.82. The van der Waals surface area contributed by atoms with Crippen molar-refractivity contribution in [1.29, 1.82) is 0 Å². The Kier molecular flexibility index (Phi) is 3.20. The highest BCUT2D eigenvalue weighted by molar-refractivity contribution is 6.07. The first-order valence-corrected chi connectivity index (χ1v) is 7.38. The van der Waals surface area contributed by atoms with Gasteiger partial charge in [0.25, 0.3) is 0 Å². The molecule has 4 N–H and O–H groups in total. The van der Waals surface area contributed by atoms with E-state index in [0.717, 1.165) is 33.9 Å². The van der Waals surface area contributed by atoms with E-state index in [1.807, 2.05) is 36.4 Å². The van der Waals surface area contributed by atoms with Crippen molar-refractivity contribution in [3.63, 3.8) is 0 Å². The summed E-state index contributed by atoms with van der Waals surface area (Å²) < 4.78 is 0. The fraction of sp³-hybridized carbons (Fsp3) is 0. The van der Waals surface area contributed by atoms with E-state index in [-0.39, 0.29) is 0 Å². The van der Waals surface area contributed by atoms with Crippen LogP contribution in [-0.2, 0) is 0 Å². The first-order chi connectivity index (χ1) is 11.3. The number of nitrogens with two attached hydrogens (primary N) is 1. The molecule has 1 aliphatic heterocycles. The Morgan fingerprint density at radius 3 is 1.96 bits per heavy atom. The van der Waals surface area contributed by atoms with Gasteiger partial charge in [-0.15, -0.1) is 0 Å². The lowest BCUT2D eigenvalue weighted by atomic mass is 10.0. The number of nitrogen functional groups attached to an aromatic ring is 1. The molecule has 1 radical (unpaired) electrons. The summed E-state index contributed by atoms with van der Waals surface area (Å²) in [4.78, 5) is 4.05. The van der Waals surface area contributed by atoms with Gasteiger partial charge in [0.1, 0.15) is 11.5 Å². The number of anilines is 3. The van der Waals surface area contributed by atoms with Gasteiger partial charge in [-0.05, 0) is 6.07 Å². The van der Waals surface area contributed by atoms with Gasteiger partial charge in [0.05, 0.1) is 23.3 Å². The highest BCUT2D eigenvalue weighted by Crippen LogP contribution is 2.39. The zero-order chi connectivity index (χ0) is 15.6. The maximum atomic E-state index is 6.00. The van der Waals surface area contributed by atoms with Gasteiger partial charge in [-0.25, -0.2) is 4.98 Å². The normalized spacial score (nSPS) is 13.0. The smallest absolute Gasteiger partial charge is 0.150 e. The average molecular weight is 299 g/mol. The number of hydrogen-bond acceptors (Lipinski definition) is 4. The molecule has 0 amide bonds. The Bertz CT molecular complexity index is 870. The second kappa shape index (κ2) is 5.50. The van der Waals surface area contributed by atoms with Crippen molar-refractivity contribution < 1.29 is 0 Å². The molecule has 1 aliphatic rings. The van der Waals surface area contributed by atoms with E-state index in [9.17, 15) is 0 Å². The molecule has 2 heterocycles. The molecule has 0 fully saturated rings. The lowest BCUT2D eigenvalue weighted by Crippen LogP contribution is -2.17. The minimum Gasteiger partial charge on any atom is -0.382 e. The number of pyridine rings is 1. The van der Waals surface area contributed by atoms with Crippen molar-refractivity contribution in [2.24, 2.45) is 0 Å². The molecule has 4 heteroatoms. The lowest BCUT2D eigenvalue weighted by molar-refractivity contribution is 1.30. The highest BCUT2D eigenvalue weighted by atomic mass is 15.1. The monoisotopic (exact) mass is 299 g/mol. The third kappa shape index (κ3) is 2.40. The number of benzene rings is 2. The van der Waals surface area contributed by atoms with E-state index < -0.39 is 0 Å². The highest BCUT2D eigenvalue weighted by Gasteiger charge is 2.21. The lowest BCUT2D eigenvalue weighted by Gasteiger charge is -2.27. The molecule has 4 nitrogen and oxygen atoms in total. The molecule has 0 aliphatic carbocycles. The Labute approximate surface area is 134 Å². The summed E-state index contributed by atoms with van der Waals surface area (Å²) >= 11 is 0. The topological polar surface area (TPSA) is 63.0 Å². The molecule has 0 saturated carbocycles. The molecule has 1 aromatic heterocycles. The SMILES string of the molecule is Nc1n[c]cc2c1NC(c1ccccc1)=C(c1ccccc1)N2. The standard InChI is InChI=1S/C19H15N4/c20-19-18-15(11-12-21-19)22-16(13-7-3-1-4-8-13)17(23-18)14-9-5-2-6-10-14/h1-11,22-23H,(H2,20,21). The van der Waals surface area contributed by atoms with Crippen molar-refractivity contribution in [2.45, 2.75) is 0 Å². The van der Waals surface area contributed by atoms with E-state index in [2.05, 4.69) is 46.1 Å². The van der Waals surface area contributed by atoms with Crippen LogP contribution in [0.4, 0.5) is 17.2 Å². The fourth-order valence-electron chi connectivity index (χ4n) is 2.69. The second-order valence-corrected chi connectivity index (χ2v) is 5.29. The van der Waals surface area contributed by atoms with Crippen molar-refractivity contribution in [3.8, 4) is 0 Å². The molecular weight excluding hydrogens is 284 g/mol. The quantitative estimate of drug-likeness (QED) is 0.673. The van der Waals surface area contributed by atoms with Crippen LogP contribution in [0.2, 0.25) is 0 Å². The molecule has 0 bridgehead atoms. The summed E-state index contributed by atoms with van der Waals surface area (Å²) in [5.41, 5.74) is 11.8. The van der Waals surface area contributed by atoms with Crippen molar-refractivity contribution in [2.75, 3.05) is 16.4 Å². The maximum Gasteiger partial charge on any atom is 0.150 e. The number of nitrogens with one attached hydrogen (secondary N) is 2. The maximum absolute atomic E-state index is 6.00. The fourth-order valence-corrected chi connectivity index (χ4v) is 2.69. The van der Waals surface area contributed by atoms with E-state index in [0.29, 0.717) is 5.82 Å². The third-order valence-electron chi connectivity index (χ3n) is 3.80. The molecule has 111 valence electrons. The van der Waals surface area contributed by atoms with Gasteiger partial charge in [-0.2, -0.15) is 0 Å². The van der Waals surface area contributed by atoms with Crippen LogP contribution in [0.1, 0.15) is 11.1 Å². The van der Waals surface area contributed by atoms with Gasteiger partial charge >= 0.3 is 0 Å². The predicted octanol–water partition coefficient (Wildman–Crippen LogP) is 3.83. The van der Waals surface area contributed by atoms with Crippen LogP contribution in [0.25, 0.3) is 11.4 Å². The van der Waals surface area contributed by atoms with Crippen LogP contribution in [0.5, 0.6) is 0 Å². The Balaban J connectivity index is 1.91. The summed E-state index contributed by atoms with van der Waals surface area (Å²) in [5, 5.41) is 6.91. The molecule has 23 heavy (non-hydrogen) atoms. The van der Waals surface area contributed by atoms with Gasteiger partial charge < -0.3 is 16.4 Å². The van der Waals surface area contributed by atoms with Crippen LogP contribution >= 0.6 is 0 Å². The molecule has 4 rings (SSSR count). The molecule has 0 atom stereocenters. The van der Waals surface area contributed by atoms with Gasteiger partial charge in [-0.1, -0.05) is 60.7 Å². The molecule has 3 aromatic rings. The molecule has 0 spiro atoms. The first kappa shape index (κ1) is 13.4. The average Bonchev–Trinajstić information content (AvgIpc) is 2.63. The Morgan fingerprint density at radius 2 is 1.35 bits per heavy atom. The van der Waals surface area contributed by atoms with E-state index in [1.165, 1.54) is 0 Å². The number of fused-ring (bicyclic) bond motifs is 1. The molecule has 2 aromatic carbocycles. The van der Waals surface area contributed by atoms with Crippen molar-refractivity contribution in [3.05, 3.63) is 84.1 Å². The molecule has 0 saturated heterocycles. The van der Waals surface area contributed by atoms with E-state index >= 15 is 0 Å². The van der Waals surface area contributed by atoms with Gasteiger partial charge in [0.15, 0.2) is 0 Å². The van der Waals surface area contributed by atoms with Crippen LogP contribution in [-0.4, -0.2) is 4.98 Å². The zero-order valence-corrected chi connectivity index (χ0v) is 12.4. The summed E-state index contributed by atoms with van der Waals surface area (Å²) in [6.45, 7) is 0. The summed E-state index contributed by atoms with van der Waals surface area (Å²) in [6, 6.07) is 22.2. The van der Waals surface area contributed by atoms with Crippen LogP contribution in [0.15, 0.2) is 66.7 Å². The largest absolute Gasteiger partial charge is 0.382 e. The Morgan fingerprint density at radius 1 is 0.783 bits per heavy atom. The number of nitrogens with zero attached hydrogens (tertiary/aromatic N) is 1. The van der Waals surface area contributed by atoms with Crippen LogP contribution in [0.3, 0.4) is 0 Å². The molecule has 0 unspecified atom stereocenters. The van der Waals surface area contributed by atoms with Crippen molar-refractivity contribution in [1.82, 2.24) is 4.98 Å². The minimum absolute atomic E-state index is 0.426. The van der Waals surface area contributed by atoms with Gasteiger partial charge in [-0.3, -0.25) is 0 Å². The number of aromatic nitrogens is 1.